The summed E-state index contributed by atoms with van der Waals surface area (Å²) in [4.78, 5) is 42.0. The first-order valence-electron chi connectivity index (χ1n) is 6.11. The van der Waals surface area contributed by atoms with Gasteiger partial charge < -0.3 is 0 Å². The second-order valence-electron chi connectivity index (χ2n) is 4.56. The Bertz CT molecular complexity index is 684. The Kier molecular flexibility index (Phi) is 5.41. The van der Waals surface area contributed by atoms with Crippen LogP contribution in [0.1, 0.15) is 6.23 Å². The number of phosphoric acid groups is 1. The van der Waals surface area contributed by atoms with Gasteiger partial charge in [-0.2, -0.15) is 0 Å². The molecule has 0 aromatic carbocycles. The van der Waals surface area contributed by atoms with E-state index in [1.807, 2.05) is 5.82 Å². The Morgan fingerprint density at radius 3 is 2.73 bits per heavy atom. The number of hydrogen-bond acceptors (Lipinski definition) is 6. The summed E-state index contributed by atoms with van der Waals surface area (Å²) < 4.78 is 21.7. The zero-order chi connectivity index (χ0) is 16.5. The maximum atomic E-state index is 11.8. The van der Waals surface area contributed by atoms with E-state index >= 15 is 0 Å². The van der Waals surface area contributed by atoms with Crippen LogP contribution in [-0.2, 0) is 13.8 Å². The summed E-state index contributed by atoms with van der Waals surface area (Å²) in [5.74, 6) is 1.83. The van der Waals surface area contributed by atoms with E-state index in [1.165, 1.54) is 6.20 Å². The van der Waals surface area contributed by atoms with Crippen LogP contribution in [0.15, 0.2) is 21.9 Å². The molecule has 12 heteroatoms. The normalized spacial score (nSPS) is 28.9. The summed E-state index contributed by atoms with van der Waals surface area (Å²) in [5.41, 5.74) is -1.24. The molecule has 1 aromatic heterocycles. The van der Waals surface area contributed by atoms with Crippen molar-refractivity contribution in [3.63, 3.8) is 0 Å². The number of aliphatic hydroxyl groups is 1. The van der Waals surface area contributed by atoms with E-state index in [0.29, 0.717) is 0 Å². The van der Waals surface area contributed by atoms with Gasteiger partial charge in [-0.05, 0) is 0 Å². The van der Waals surface area contributed by atoms with E-state index in [9.17, 15) is 19.3 Å². The first-order valence-corrected chi connectivity index (χ1v) is 10.3. The van der Waals surface area contributed by atoms with E-state index in [4.69, 9.17) is 14.5 Å². The van der Waals surface area contributed by atoms with Crippen molar-refractivity contribution in [2.75, 3.05) is 6.61 Å². The number of aromatic amines is 1. The van der Waals surface area contributed by atoms with Crippen LogP contribution in [0, 0.1) is 0 Å². The van der Waals surface area contributed by atoms with Crippen LogP contribution in [-0.4, -0.2) is 58.2 Å². The van der Waals surface area contributed by atoms with E-state index < -0.39 is 48.9 Å². The van der Waals surface area contributed by atoms with Crippen molar-refractivity contribution in [3.8, 4) is 0 Å². The Morgan fingerprint density at radius 2 is 2.18 bits per heavy atom. The molecule has 1 aliphatic rings. The Hall–Kier alpha value is -0.771. The molecule has 10 nitrogen and oxygen atoms in total. The molecule has 0 bridgehead atoms. The van der Waals surface area contributed by atoms with Crippen molar-refractivity contribution in [2.45, 2.75) is 29.1 Å². The van der Waals surface area contributed by atoms with Crippen molar-refractivity contribution < 1.29 is 28.7 Å². The van der Waals surface area contributed by atoms with Gasteiger partial charge in [0, 0.05) is 0 Å². The van der Waals surface area contributed by atoms with Crippen LogP contribution in [0.25, 0.3) is 0 Å². The summed E-state index contributed by atoms with van der Waals surface area (Å²) in [6.07, 6.45) is -1.61. The summed E-state index contributed by atoms with van der Waals surface area (Å²) >= 11 is -0.128. The number of aromatic nitrogens is 2. The minimum atomic E-state index is -4.68. The van der Waals surface area contributed by atoms with Gasteiger partial charge in [-0.1, -0.05) is 0 Å². The summed E-state index contributed by atoms with van der Waals surface area (Å²) in [6.45, 7) is -0.507. The van der Waals surface area contributed by atoms with Gasteiger partial charge in [0.15, 0.2) is 0 Å². The molecule has 0 amide bonds. The monoisotopic (exact) mass is 402 g/mol. The number of hydrogen-bond donors (Lipinski definition) is 4. The molecule has 1 fully saturated rings. The average molecular weight is 401 g/mol. The van der Waals surface area contributed by atoms with Gasteiger partial charge in [-0.25, -0.2) is 0 Å². The fourth-order valence-electron chi connectivity index (χ4n) is 2.13. The van der Waals surface area contributed by atoms with Crippen LogP contribution in [0.3, 0.4) is 0 Å². The third kappa shape index (κ3) is 3.95. The summed E-state index contributed by atoms with van der Waals surface area (Å²) in [6, 6.07) is 1.15. The number of H-pyrrole nitrogens is 1. The molecule has 1 aliphatic heterocycles. The molecule has 1 saturated heterocycles. The Balaban J connectivity index is 2.23. The third-order valence-corrected chi connectivity index (χ3v) is 5.82. The van der Waals surface area contributed by atoms with Gasteiger partial charge in [-0.3, -0.25) is 0 Å². The molecule has 22 heavy (non-hydrogen) atoms. The predicted octanol–water partition coefficient (Wildman–Crippen LogP) is -1.56. The van der Waals surface area contributed by atoms with Crippen molar-refractivity contribution >= 4 is 22.8 Å². The predicted molar refractivity (Wildman–Crippen MR) is 74.6 cm³/mol. The number of nitrogens with one attached hydrogen (secondary N) is 1. The molecule has 0 radical (unpaired) electrons. The molecule has 1 aromatic rings. The van der Waals surface area contributed by atoms with Crippen molar-refractivity contribution in [1.82, 2.24) is 9.55 Å². The zero-order valence-electron chi connectivity index (χ0n) is 11.4. The van der Waals surface area contributed by atoms with E-state index in [1.54, 1.807) is 0 Å². The number of phosphoric ester groups is 1. The van der Waals surface area contributed by atoms with E-state index in [0.717, 1.165) is 10.6 Å². The van der Waals surface area contributed by atoms with Crippen LogP contribution in [0.4, 0.5) is 0 Å². The Labute approximate surface area is 130 Å². The van der Waals surface area contributed by atoms with Gasteiger partial charge in [0.2, 0.25) is 0 Å². The van der Waals surface area contributed by atoms with E-state index in [-0.39, 0.29) is 15.0 Å². The number of ether oxygens (including phenoxy) is 1. The van der Waals surface area contributed by atoms with Crippen LogP contribution < -0.4 is 11.2 Å². The topological polar surface area (TPSA) is 151 Å². The number of nitrogens with zero attached hydrogens (tertiary/aromatic N) is 1. The van der Waals surface area contributed by atoms with Gasteiger partial charge in [0.05, 0.1) is 0 Å². The number of rotatable bonds is 5. The van der Waals surface area contributed by atoms with E-state index in [2.05, 4.69) is 9.51 Å². The fourth-order valence-corrected chi connectivity index (χ4v) is 4.33. The van der Waals surface area contributed by atoms with Gasteiger partial charge in [0.25, 0.3) is 0 Å². The summed E-state index contributed by atoms with van der Waals surface area (Å²) in [7, 11) is -4.68. The molecule has 0 spiro atoms. The molecule has 4 atom stereocenters. The molecule has 2 heterocycles. The Morgan fingerprint density at radius 1 is 1.50 bits per heavy atom. The first kappa shape index (κ1) is 17.6. The second-order valence-corrected chi connectivity index (χ2v) is 7.93. The van der Waals surface area contributed by atoms with Crippen molar-refractivity contribution in [3.05, 3.63) is 33.1 Å². The molecule has 0 aliphatic carbocycles. The average Bonchev–Trinajstić information content (AvgIpc) is 2.72. The molecule has 0 saturated carbocycles. The van der Waals surface area contributed by atoms with Gasteiger partial charge >= 0.3 is 130 Å². The minimum absolute atomic E-state index is 0.128. The van der Waals surface area contributed by atoms with Crippen molar-refractivity contribution in [2.24, 2.45) is 0 Å². The molecule has 2 rings (SSSR count). The van der Waals surface area contributed by atoms with Gasteiger partial charge in [-0.15, -0.1) is 0 Å². The molecule has 124 valence electrons. The molecular weight excluding hydrogens is 386 g/mol. The third-order valence-electron chi connectivity index (χ3n) is 3.12. The molecule has 0 unspecified atom stereocenters. The van der Waals surface area contributed by atoms with Crippen LogP contribution in [0.2, 0.25) is 10.6 Å². The zero-order valence-corrected chi connectivity index (χ0v) is 14.0. The van der Waals surface area contributed by atoms with Crippen LogP contribution >= 0.6 is 7.82 Å². The summed E-state index contributed by atoms with van der Waals surface area (Å²) in [5, 5.41) is 10.2. The van der Waals surface area contributed by atoms with Crippen LogP contribution in [0.5, 0.6) is 0 Å². The number of aliphatic hydroxyl groups excluding tert-OH is 1. The second kappa shape index (κ2) is 6.77. The van der Waals surface area contributed by atoms with Gasteiger partial charge in [0.1, 0.15) is 0 Å². The maximum absolute atomic E-state index is 11.8. The van der Waals surface area contributed by atoms with Crippen molar-refractivity contribution in [1.29, 1.82) is 0 Å². The quantitative estimate of drug-likeness (QED) is 0.342. The SMILES string of the molecule is C[Se][C@@H]1[C@H](O)[C@@H](COP(=O)(O)O)O[C@H]1n1ccc(=O)[nH]c1=O. The first-order chi connectivity index (χ1) is 10.2. The molecule has 4 N–H and O–H groups in total. The standard InChI is InChI=1S/C10H15N2O8PSe/c1-22-8-7(14)5(4-19-21(16,17)18)20-9(8)12-3-2-6(13)11-10(12)15/h2-3,5,7-9,14H,4H2,1H3,(H,11,13,15)(H2,16,17,18)/t5-,7-,8-,9-/m1/s1. The fraction of sp³-hybridized carbons (Fsp3) is 0.600. The molecular formula is C10H15N2O8PSe.